The Labute approximate surface area is 145 Å². The fourth-order valence-corrected chi connectivity index (χ4v) is 2.92. The van der Waals surface area contributed by atoms with Crippen molar-refractivity contribution in [3.63, 3.8) is 0 Å². The van der Waals surface area contributed by atoms with Crippen LogP contribution < -0.4 is 5.32 Å². The third-order valence-corrected chi connectivity index (χ3v) is 4.12. The molecule has 0 aliphatic carbocycles. The molecule has 0 saturated carbocycles. The maximum absolute atomic E-state index is 9.12. The molecule has 0 spiro atoms. The van der Waals surface area contributed by atoms with Crippen molar-refractivity contribution in [1.29, 1.82) is 0 Å². The van der Waals surface area contributed by atoms with E-state index in [1.807, 2.05) is 65.4 Å². The number of anilines is 2. The van der Waals surface area contributed by atoms with Crippen LogP contribution in [0.1, 0.15) is 0 Å². The van der Waals surface area contributed by atoms with Gasteiger partial charge in [0.2, 0.25) is 0 Å². The SMILES string of the molecule is OCCn1ccc2cc(Nc3cc(-c4ccccc4)ncn3)ccc21. The minimum Gasteiger partial charge on any atom is -0.395 e. The number of nitrogens with one attached hydrogen (secondary N) is 1. The number of benzene rings is 2. The van der Waals surface area contributed by atoms with Crippen molar-refractivity contribution in [3.05, 3.63) is 73.2 Å². The molecule has 4 rings (SSSR count). The number of aromatic nitrogens is 3. The molecule has 0 radical (unpaired) electrons. The molecular weight excluding hydrogens is 312 g/mol. The summed E-state index contributed by atoms with van der Waals surface area (Å²) in [5, 5.41) is 13.6. The molecule has 0 unspecified atom stereocenters. The van der Waals surface area contributed by atoms with E-state index in [1.165, 1.54) is 0 Å². The second-order valence-corrected chi connectivity index (χ2v) is 5.79. The van der Waals surface area contributed by atoms with Crippen LogP contribution in [0.15, 0.2) is 73.2 Å². The minimum absolute atomic E-state index is 0.132. The first-order chi connectivity index (χ1) is 12.3. The lowest BCUT2D eigenvalue weighted by Crippen LogP contribution is -2.00. The lowest BCUT2D eigenvalue weighted by Gasteiger charge is -2.08. The summed E-state index contributed by atoms with van der Waals surface area (Å²) in [6.07, 6.45) is 3.56. The van der Waals surface area contributed by atoms with Crippen LogP contribution in [0.2, 0.25) is 0 Å². The van der Waals surface area contributed by atoms with Crippen molar-refractivity contribution < 1.29 is 5.11 Å². The molecule has 0 aliphatic heterocycles. The quantitative estimate of drug-likeness (QED) is 0.584. The first-order valence-electron chi connectivity index (χ1n) is 8.18. The number of rotatable bonds is 5. The smallest absolute Gasteiger partial charge is 0.134 e. The van der Waals surface area contributed by atoms with Gasteiger partial charge >= 0.3 is 0 Å². The largest absolute Gasteiger partial charge is 0.395 e. The van der Waals surface area contributed by atoms with Crippen molar-refractivity contribution in [2.24, 2.45) is 0 Å². The molecule has 124 valence electrons. The van der Waals surface area contributed by atoms with Crippen molar-refractivity contribution in [2.75, 3.05) is 11.9 Å². The van der Waals surface area contributed by atoms with Gasteiger partial charge in [0.05, 0.1) is 12.3 Å². The van der Waals surface area contributed by atoms with E-state index in [2.05, 4.69) is 21.4 Å². The molecule has 2 heterocycles. The highest BCUT2D eigenvalue weighted by molar-refractivity contribution is 5.84. The first kappa shape index (κ1) is 15.4. The number of hydrogen-bond acceptors (Lipinski definition) is 4. The molecule has 0 aliphatic rings. The van der Waals surface area contributed by atoms with Crippen LogP contribution in [-0.2, 0) is 6.54 Å². The predicted molar refractivity (Wildman–Crippen MR) is 99.8 cm³/mol. The summed E-state index contributed by atoms with van der Waals surface area (Å²) < 4.78 is 2.04. The average molecular weight is 330 g/mol. The van der Waals surface area contributed by atoms with Gasteiger partial charge in [-0.2, -0.15) is 0 Å². The molecule has 2 aromatic heterocycles. The number of hydrogen-bond donors (Lipinski definition) is 2. The Morgan fingerprint density at radius 1 is 0.960 bits per heavy atom. The number of nitrogens with zero attached hydrogens (tertiary/aromatic N) is 3. The zero-order valence-corrected chi connectivity index (χ0v) is 13.6. The third-order valence-electron chi connectivity index (χ3n) is 4.12. The lowest BCUT2D eigenvalue weighted by atomic mass is 10.1. The van der Waals surface area contributed by atoms with Gasteiger partial charge < -0.3 is 15.0 Å². The van der Waals surface area contributed by atoms with E-state index in [-0.39, 0.29) is 6.61 Å². The van der Waals surface area contributed by atoms with Crippen LogP contribution in [0.3, 0.4) is 0 Å². The third kappa shape index (κ3) is 3.22. The summed E-state index contributed by atoms with van der Waals surface area (Å²) in [5.41, 5.74) is 4.01. The van der Waals surface area contributed by atoms with Crippen LogP contribution in [0.25, 0.3) is 22.2 Å². The molecule has 5 heteroatoms. The monoisotopic (exact) mass is 330 g/mol. The minimum atomic E-state index is 0.132. The second-order valence-electron chi connectivity index (χ2n) is 5.79. The molecule has 4 aromatic rings. The van der Waals surface area contributed by atoms with Crippen LogP contribution in [0, 0.1) is 0 Å². The van der Waals surface area contributed by atoms with E-state index >= 15 is 0 Å². The van der Waals surface area contributed by atoms with Gasteiger partial charge in [0.1, 0.15) is 12.1 Å². The lowest BCUT2D eigenvalue weighted by molar-refractivity contribution is 0.278. The van der Waals surface area contributed by atoms with Gasteiger partial charge in [0.15, 0.2) is 0 Å². The first-order valence-corrected chi connectivity index (χ1v) is 8.18. The van der Waals surface area contributed by atoms with Gasteiger partial charge in [-0.1, -0.05) is 30.3 Å². The van der Waals surface area contributed by atoms with E-state index in [4.69, 9.17) is 5.11 Å². The molecular formula is C20H18N4O. The fourth-order valence-electron chi connectivity index (χ4n) is 2.92. The summed E-state index contributed by atoms with van der Waals surface area (Å²) >= 11 is 0. The summed E-state index contributed by atoms with van der Waals surface area (Å²) in [6, 6.07) is 20.2. The van der Waals surface area contributed by atoms with Crippen molar-refractivity contribution >= 4 is 22.4 Å². The van der Waals surface area contributed by atoms with Gasteiger partial charge in [-0.3, -0.25) is 0 Å². The molecule has 0 atom stereocenters. The predicted octanol–water partition coefficient (Wildman–Crippen LogP) is 3.83. The molecule has 2 N–H and O–H groups in total. The van der Waals surface area contributed by atoms with Gasteiger partial charge in [-0.25, -0.2) is 9.97 Å². The summed E-state index contributed by atoms with van der Waals surface area (Å²) in [5.74, 6) is 0.753. The molecule has 2 aromatic carbocycles. The van der Waals surface area contributed by atoms with E-state index in [0.717, 1.165) is 33.7 Å². The van der Waals surface area contributed by atoms with Crippen LogP contribution >= 0.6 is 0 Å². The number of aliphatic hydroxyl groups excluding tert-OH is 1. The Hall–Kier alpha value is -3.18. The molecule has 0 amide bonds. The van der Waals surface area contributed by atoms with E-state index in [1.54, 1.807) is 6.33 Å². The van der Waals surface area contributed by atoms with Crippen LogP contribution in [0.5, 0.6) is 0 Å². The molecule has 0 bridgehead atoms. The van der Waals surface area contributed by atoms with E-state index in [0.29, 0.717) is 6.54 Å². The van der Waals surface area contributed by atoms with Crippen LogP contribution in [0.4, 0.5) is 11.5 Å². The summed E-state index contributed by atoms with van der Waals surface area (Å²) in [4.78, 5) is 8.66. The van der Waals surface area contributed by atoms with Gasteiger partial charge in [-0.05, 0) is 24.3 Å². The van der Waals surface area contributed by atoms with E-state index in [9.17, 15) is 0 Å². The molecule has 5 nitrogen and oxygen atoms in total. The van der Waals surface area contributed by atoms with Gasteiger partial charge in [0.25, 0.3) is 0 Å². The maximum Gasteiger partial charge on any atom is 0.134 e. The Balaban J connectivity index is 1.61. The van der Waals surface area contributed by atoms with Gasteiger partial charge in [-0.15, -0.1) is 0 Å². The fraction of sp³-hybridized carbons (Fsp3) is 0.100. The summed E-state index contributed by atoms with van der Waals surface area (Å²) in [7, 11) is 0. The topological polar surface area (TPSA) is 63.0 Å². The standard InChI is InChI=1S/C20H18N4O/c25-11-10-24-9-8-16-12-17(6-7-19(16)24)23-20-13-18(21-14-22-20)15-4-2-1-3-5-15/h1-9,12-14,25H,10-11H2,(H,21,22,23). The Morgan fingerprint density at radius 3 is 2.68 bits per heavy atom. The average Bonchev–Trinajstić information content (AvgIpc) is 3.05. The van der Waals surface area contributed by atoms with Crippen molar-refractivity contribution in [2.45, 2.75) is 6.54 Å². The normalized spacial score (nSPS) is 10.9. The van der Waals surface area contributed by atoms with Crippen LogP contribution in [-0.4, -0.2) is 26.2 Å². The van der Waals surface area contributed by atoms with Gasteiger partial charge in [0, 0.05) is 41.0 Å². The highest BCUT2D eigenvalue weighted by Crippen LogP contribution is 2.24. The highest BCUT2D eigenvalue weighted by Gasteiger charge is 2.05. The second kappa shape index (κ2) is 6.75. The van der Waals surface area contributed by atoms with Crippen molar-refractivity contribution in [1.82, 2.24) is 14.5 Å². The maximum atomic E-state index is 9.12. The van der Waals surface area contributed by atoms with E-state index < -0.39 is 0 Å². The molecule has 0 fully saturated rings. The Kier molecular flexibility index (Phi) is 4.14. The zero-order chi connectivity index (χ0) is 17.1. The Morgan fingerprint density at radius 2 is 1.84 bits per heavy atom. The number of aliphatic hydroxyl groups is 1. The Bertz CT molecular complexity index is 995. The van der Waals surface area contributed by atoms with Crippen molar-refractivity contribution in [3.8, 4) is 11.3 Å². The highest BCUT2D eigenvalue weighted by atomic mass is 16.3. The molecule has 0 saturated heterocycles. The summed E-state index contributed by atoms with van der Waals surface area (Å²) in [6.45, 7) is 0.732. The molecule has 25 heavy (non-hydrogen) atoms. The number of fused-ring (bicyclic) bond motifs is 1. The zero-order valence-electron chi connectivity index (χ0n) is 13.6.